The maximum absolute atomic E-state index is 5.86. The van der Waals surface area contributed by atoms with E-state index in [9.17, 15) is 0 Å². The van der Waals surface area contributed by atoms with Gasteiger partial charge in [0.2, 0.25) is 0 Å². The second-order valence-corrected chi connectivity index (χ2v) is 6.50. The van der Waals surface area contributed by atoms with Gasteiger partial charge in [-0.15, -0.1) is 0 Å². The average molecular weight is 238 g/mol. The first kappa shape index (κ1) is 13.4. The molecule has 1 heterocycles. The van der Waals surface area contributed by atoms with E-state index < -0.39 is 0 Å². The van der Waals surface area contributed by atoms with Gasteiger partial charge in [0.25, 0.3) is 0 Å². The molecule has 1 saturated carbocycles. The second-order valence-electron chi connectivity index (χ2n) is 6.50. The quantitative estimate of drug-likeness (QED) is 0.819. The zero-order chi connectivity index (χ0) is 12.3. The van der Waals surface area contributed by atoms with E-state index in [0.717, 1.165) is 30.3 Å². The molecule has 0 amide bonds. The van der Waals surface area contributed by atoms with E-state index in [2.05, 4.69) is 18.7 Å². The fourth-order valence-electron chi connectivity index (χ4n) is 3.96. The molecule has 0 aromatic carbocycles. The van der Waals surface area contributed by atoms with Crippen LogP contribution in [0.4, 0.5) is 0 Å². The molecule has 0 bridgehead atoms. The van der Waals surface area contributed by atoms with Gasteiger partial charge in [0.1, 0.15) is 0 Å². The number of likely N-dealkylation sites (tertiary alicyclic amines) is 1. The maximum Gasteiger partial charge on any atom is 0.0126 e. The number of piperidine rings is 1. The van der Waals surface area contributed by atoms with Crippen LogP contribution in [0.15, 0.2) is 0 Å². The Morgan fingerprint density at radius 3 is 2.59 bits per heavy atom. The highest BCUT2D eigenvalue weighted by Gasteiger charge is 2.33. The van der Waals surface area contributed by atoms with Gasteiger partial charge in [-0.05, 0) is 56.5 Å². The monoisotopic (exact) mass is 238 g/mol. The predicted octanol–water partition coefficient (Wildman–Crippen LogP) is 2.87. The Kier molecular flexibility index (Phi) is 4.87. The van der Waals surface area contributed by atoms with E-state index in [1.165, 1.54) is 51.6 Å². The first-order valence-electron chi connectivity index (χ1n) is 7.66. The highest BCUT2D eigenvalue weighted by atomic mass is 15.2. The van der Waals surface area contributed by atoms with E-state index in [4.69, 9.17) is 5.73 Å². The van der Waals surface area contributed by atoms with Crippen molar-refractivity contribution in [3.63, 3.8) is 0 Å². The number of hydrogen-bond acceptors (Lipinski definition) is 2. The zero-order valence-electron chi connectivity index (χ0n) is 11.7. The molecule has 2 N–H and O–H groups in total. The minimum absolute atomic E-state index is 0.762. The van der Waals surface area contributed by atoms with Crippen LogP contribution in [0.1, 0.15) is 52.4 Å². The lowest BCUT2D eigenvalue weighted by Gasteiger charge is -2.45. The largest absolute Gasteiger partial charge is 0.330 e. The summed E-state index contributed by atoms with van der Waals surface area (Å²) < 4.78 is 0. The molecule has 2 rings (SSSR count). The minimum Gasteiger partial charge on any atom is -0.330 e. The van der Waals surface area contributed by atoms with Crippen molar-refractivity contribution >= 4 is 0 Å². The Morgan fingerprint density at radius 1 is 1.12 bits per heavy atom. The molecule has 100 valence electrons. The summed E-state index contributed by atoms with van der Waals surface area (Å²) in [5.41, 5.74) is 5.86. The maximum atomic E-state index is 5.86. The van der Waals surface area contributed by atoms with Crippen molar-refractivity contribution in [2.75, 3.05) is 19.6 Å². The van der Waals surface area contributed by atoms with E-state index in [-0.39, 0.29) is 0 Å². The van der Waals surface area contributed by atoms with Crippen molar-refractivity contribution in [2.45, 2.75) is 58.4 Å². The normalized spacial score (nSPS) is 36.4. The van der Waals surface area contributed by atoms with Gasteiger partial charge in [0.15, 0.2) is 0 Å². The summed E-state index contributed by atoms with van der Waals surface area (Å²) in [6.45, 7) is 8.30. The first-order valence-corrected chi connectivity index (χ1v) is 7.66. The lowest BCUT2D eigenvalue weighted by Crippen LogP contribution is -2.49. The molecule has 3 atom stereocenters. The average Bonchev–Trinajstić information content (AvgIpc) is 2.39. The van der Waals surface area contributed by atoms with Gasteiger partial charge in [0.05, 0.1) is 0 Å². The highest BCUT2D eigenvalue weighted by molar-refractivity contribution is 4.88. The molecule has 2 nitrogen and oxygen atoms in total. The molecular weight excluding hydrogens is 208 g/mol. The fraction of sp³-hybridized carbons (Fsp3) is 1.00. The topological polar surface area (TPSA) is 29.3 Å². The molecule has 0 aromatic heterocycles. The smallest absolute Gasteiger partial charge is 0.0126 e. The molecule has 17 heavy (non-hydrogen) atoms. The lowest BCUT2D eigenvalue weighted by molar-refractivity contribution is 0.0457. The second kappa shape index (κ2) is 6.19. The number of nitrogens with zero attached hydrogens (tertiary/aromatic N) is 1. The Morgan fingerprint density at radius 2 is 1.88 bits per heavy atom. The van der Waals surface area contributed by atoms with Crippen molar-refractivity contribution in [3.05, 3.63) is 0 Å². The van der Waals surface area contributed by atoms with Crippen molar-refractivity contribution < 1.29 is 0 Å². The van der Waals surface area contributed by atoms with Gasteiger partial charge >= 0.3 is 0 Å². The number of rotatable bonds is 3. The minimum atomic E-state index is 0.762. The van der Waals surface area contributed by atoms with Gasteiger partial charge in [-0.25, -0.2) is 0 Å². The van der Waals surface area contributed by atoms with Crippen LogP contribution in [0.5, 0.6) is 0 Å². The molecule has 3 unspecified atom stereocenters. The summed E-state index contributed by atoms with van der Waals surface area (Å²) >= 11 is 0. The molecule has 2 heteroatoms. The summed E-state index contributed by atoms with van der Waals surface area (Å²) in [7, 11) is 0. The summed E-state index contributed by atoms with van der Waals surface area (Å²) in [5, 5.41) is 0. The van der Waals surface area contributed by atoms with Crippen LogP contribution in [0.25, 0.3) is 0 Å². The molecule has 0 aromatic rings. The van der Waals surface area contributed by atoms with Crippen LogP contribution >= 0.6 is 0 Å². The van der Waals surface area contributed by atoms with Crippen molar-refractivity contribution in [3.8, 4) is 0 Å². The Hall–Kier alpha value is -0.0800. The third kappa shape index (κ3) is 3.23. The third-order valence-electron chi connectivity index (χ3n) is 4.99. The van der Waals surface area contributed by atoms with E-state index in [1.807, 2.05) is 0 Å². The van der Waals surface area contributed by atoms with Gasteiger partial charge in [-0.1, -0.05) is 26.7 Å². The van der Waals surface area contributed by atoms with Gasteiger partial charge in [0, 0.05) is 12.6 Å². The fourth-order valence-corrected chi connectivity index (χ4v) is 3.96. The van der Waals surface area contributed by atoms with Crippen LogP contribution in [0.3, 0.4) is 0 Å². The third-order valence-corrected chi connectivity index (χ3v) is 4.99. The van der Waals surface area contributed by atoms with E-state index >= 15 is 0 Å². The molecule has 1 aliphatic heterocycles. The molecule has 1 aliphatic carbocycles. The highest BCUT2D eigenvalue weighted by Crippen LogP contribution is 2.35. The molecular formula is C15H30N2. The summed E-state index contributed by atoms with van der Waals surface area (Å²) in [6.07, 6.45) is 8.49. The van der Waals surface area contributed by atoms with Crippen LogP contribution in [-0.4, -0.2) is 30.6 Å². The van der Waals surface area contributed by atoms with Gasteiger partial charge < -0.3 is 5.73 Å². The number of nitrogens with two attached hydrogens (primary N) is 1. The van der Waals surface area contributed by atoms with Crippen molar-refractivity contribution in [2.24, 2.45) is 23.5 Å². The Balaban J connectivity index is 1.98. The Bertz CT molecular complexity index is 227. The van der Waals surface area contributed by atoms with Gasteiger partial charge in [-0.2, -0.15) is 0 Å². The van der Waals surface area contributed by atoms with Crippen molar-refractivity contribution in [1.29, 1.82) is 0 Å². The standard InChI is InChI=1S/C15H30N2/c1-12(2)14-7-3-4-8-15(14)17-9-5-6-13(10-16)11-17/h12-15H,3-11,16H2,1-2H3. The summed E-state index contributed by atoms with van der Waals surface area (Å²) in [6, 6.07) is 0.859. The zero-order valence-corrected chi connectivity index (χ0v) is 11.7. The molecule has 0 radical (unpaired) electrons. The van der Waals surface area contributed by atoms with E-state index in [1.54, 1.807) is 0 Å². The lowest BCUT2D eigenvalue weighted by atomic mass is 9.76. The summed E-state index contributed by atoms with van der Waals surface area (Å²) in [4.78, 5) is 2.78. The van der Waals surface area contributed by atoms with E-state index in [0.29, 0.717) is 0 Å². The molecule has 0 spiro atoms. The molecule has 2 fully saturated rings. The van der Waals surface area contributed by atoms with Crippen LogP contribution in [0, 0.1) is 17.8 Å². The summed E-state index contributed by atoms with van der Waals surface area (Å²) in [5.74, 6) is 2.54. The SMILES string of the molecule is CC(C)C1CCCCC1N1CCCC(CN)C1. The van der Waals surface area contributed by atoms with Gasteiger partial charge in [-0.3, -0.25) is 4.90 Å². The van der Waals surface area contributed by atoms with Crippen LogP contribution < -0.4 is 5.73 Å². The first-order chi connectivity index (χ1) is 8.22. The van der Waals surface area contributed by atoms with Crippen molar-refractivity contribution in [1.82, 2.24) is 4.90 Å². The molecule has 2 aliphatic rings. The Labute approximate surface area is 107 Å². The van der Waals surface area contributed by atoms with Crippen LogP contribution in [-0.2, 0) is 0 Å². The van der Waals surface area contributed by atoms with Crippen LogP contribution in [0.2, 0.25) is 0 Å². The molecule has 1 saturated heterocycles. The number of hydrogen-bond donors (Lipinski definition) is 1. The predicted molar refractivity (Wildman–Crippen MR) is 73.9 cm³/mol.